The van der Waals surface area contributed by atoms with Gasteiger partial charge in [-0.15, -0.1) is 12.4 Å². The van der Waals surface area contributed by atoms with Crippen LogP contribution in [0, 0.1) is 10.1 Å². The molecule has 24 heavy (non-hydrogen) atoms. The third kappa shape index (κ3) is 7.38. The second-order valence-electron chi connectivity index (χ2n) is 5.04. The summed E-state index contributed by atoms with van der Waals surface area (Å²) in [5.41, 5.74) is -0.0276. The van der Waals surface area contributed by atoms with Gasteiger partial charge in [-0.05, 0) is 26.0 Å². The molecular formula is C15H23ClN4O4. The summed E-state index contributed by atoms with van der Waals surface area (Å²) >= 11 is 0. The summed E-state index contributed by atoms with van der Waals surface area (Å²) in [7, 11) is 0. The fourth-order valence-electron chi connectivity index (χ4n) is 1.84. The summed E-state index contributed by atoms with van der Waals surface area (Å²) in [5.74, 6) is -0.831. The molecule has 0 aromatic heterocycles. The van der Waals surface area contributed by atoms with Crippen molar-refractivity contribution in [2.75, 3.05) is 19.6 Å². The average molecular weight is 359 g/mol. The van der Waals surface area contributed by atoms with E-state index >= 15 is 0 Å². The molecule has 1 unspecified atom stereocenters. The molecule has 9 heteroatoms. The molecule has 2 amide bonds. The fraction of sp³-hybridized carbons (Fsp3) is 0.467. The minimum Gasteiger partial charge on any atom is -0.353 e. The van der Waals surface area contributed by atoms with Gasteiger partial charge in [-0.3, -0.25) is 19.7 Å². The maximum Gasteiger partial charge on any atom is 0.270 e. The Morgan fingerprint density at radius 1 is 1.25 bits per heavy atom. The average Bonchev–Trinajstić information content (AvgIpc) is 2.54. The Labute approximate surface area is 146 Å². The zero-order valence-electron chi connectivity index (χ0n) is 13.7. The molecule has 0 bridgehead atoms. The lowest BCUT2D eigenvalue weighted by atomic mass is 10.1. The van der Waals surface area contributed by atoms with Crippen LogP contribution in [-0.4, -0.2) is 42.4 Å². The smallest absolute Gasteiger partial charge is 0.270 e. The molecule has 0 spiro atoms. The number of rotatable bonds is 9. The highest BCUT2D eigenvalue weighted by molar-refractivity contribution is 5.97. The van der Waals surface area contributed by atoms with Crippen LogP contribution in [0.4, 0.5) is 5.69 Å². The molecule has 1 aromatic carbocycles. The first-order valence-electron chi connectivity index (χ1n) is 7.49. The van der Waals surface area contributed by atoms with Gasteiger partial charge in [0.25, 0.3) is 11.6 Å². The number of nitrogens with one attached hydrogen (secondary N) is 3. The van der Waals surface area contributed by atoms with Gasteiger partial charge in [0.2, 0.25) is 5.91 Å². The predicted molar refractivity (Wildman–Crippen MR) is 93.4 cm³/mol. The largest absolute Gasteiger partial charge is 0.353 e. The summed E-state index contributed by atoms with van der Waals surface area (Å²) in [5, 5.41) is 19.1. The number of nitrogens with zero attached hydrogens (tertiary/aromatic N) is 1. The van der Waals surface area contributed by atoms with Gasteiger partial charge in [0, 0.05) is 30.8 Å². The molecule has 0 aliphatic carbocycles. The van der Waals surface area contributed by atoms with E-state index in [4.69, 9.17) is 0 Å². The zero-order chi connectivity index (χ0) is 17.2. The van der Waals surface area contributed by atoms with Crippen LogP contribution in [0.1, 0.15) is 30.6 Å². The van der Waals surface area contributed by atoms with Gasteiger partial charge < -0.3 is 16.0 Å². The normalized spacial score (nSPS) is 11.1. The molecule has 1 aromatic rings. The van der Waals surface area contributed by atoms with E-state index in [9.17, 15) is 19.7 Å². The van der Waals surface area contributed by atoms with Gasteiger partial charge >= 0.3 is 0 Å². The van der Waals surface area contributed by atoms with E-state index in [2.05, 4.69) is 22.9 Å². The van der Waals surface area contributed by atoms with E-state index in [1.54, 1.807) is 6.92 Å². The summed E-state index contributed by atoms with van der Waals surface area (Å²) in [6.45, 7) is 5.62. The third-order valence-corrected chi connectivity index (χ3v) is 3.09. The van der Waals surface area contributed by atoms with Crippen molar-refractivity contribution in [3.63, 3.8) is 0 Å². The highest BCUT2D eigenvalue weighted by Crippen LogP contribution is 2.13. The number of hydrogen-bond acceptors (Lipinski definition) is 5. The number of amides is 2. The van der Waals surface area contributed by atoms with Crippen molar-refractivity contribution in [2.45, 2.75) is 26.3 Å². The fourth-order valence-corrected chi connectivity index (χ4v) is 1.84. The Balaban J connectivity index is 0.00000529. The Morgan fingerprint density at radius 2 is 1.96 bits per heavy atom. The highest BCUT2D eigenvalue weighted by atomic mass is 35.5. The number of carbonyl (C=O) groups excluding carboxylic acids is 2. The Morgan fingerprint density at radius 3 is 2.58 bits per heavy atom. The molecule has 3 N–H and O–H groups in total. The third-order valence-electron chi connectivity index (χ3n) is 3.09. The first-order chi connectivity index (χ1) is 11.0. The predicted octanol–water partition coefficient (Wildman–Crippen LogP) is 1.25. The van der Waals surface area contributed by atoms with Crippen molar-refractivity contribution in [2.24, 2.45) is 0 Å². The molecule has 0 radical (unpaired) electrons. The van der Waals surface area contributed by atoms with E-state index in [-0.39, 0.29) is 29.6 Å². The lowest BCUT2D eigenvalue weighted by molar-refractivity contribution is -0.384. The minimum absolute atomic E-state index is 0. The SMILES string of the molecule is CCCNCCNC(=O)C(C)NC(=O)c1cccc([N+](=O)[O-])c1.Cl. The minimum atomic E-state index is -0.729. The van der Waals surface area contributed by atoms with E-state index in [0.717, 1.165) is 13.0 Å². The van der Waals surface area contributed by atoms with Crippen molar-refractivity contribution >= 4 is 29.9 Å². The maximum atomic E-state index is 12.0. The van der Waals surface area contributed by atoms with Gasteiger partial charge in [0.15, 0.2) is 0 Å². The molecule has 0 heterocycles. The van der Waals surface area contributed by atoms with Crippen molar-refractivity contribution < 1.29 is 14.5 Å². The summed E-state index contributed by atoms with van der Waals surface area (Å²) < 4.78 is 0. The van der Waals surface area contributed by atoms with Crippen LogP contribution < -0.4 is 16.0 Å². The lowest BCUT2D eigenvalue weighted by Gasteiger charge is -2.14. The molecule has 8 nitrogen and oxygen atoms in total. The van der Waals surface area contributed by atoms with Crippen molar-refractivity contribution in [3.05, 3.63) is 39.9 Å². The Bertz CT molecular complexity index is 568. The molecule has 134 valence electrons. The van der Waals surface area contributed by atoms with Crippen molar-refractivity contribution in [1.82, 2.24) is 16.0 Å². The summed E-state index contributed by atoms with van der Waals surface area (Å²) in [6.07, 6.45) is 1.02. The first-order valence-corrected chi connectivity index (χ1v) is 7.49. The topological polar surface area (TPSA) is 113 Å². The monoisotopic (exact) mass is 358 g/mol. The molecular weight excluding hydrogens is 336 g/mol. The summed E-state index contributed by atoms with van der Waals surface area (Å²) in [4.78, 5) is 34.0. The van der Waals surface area contributed by atoms with Crippen LogP contribution in [0.2, 0.25) is 0 Å². The maximum absolute atomic E-state index is 12.0. The van der Waals surface area contributed by atoms with Gasteiger partial charge in [0.05, 0.1) is 4.92 Å². The van der Waals surface area contributed by atoms with E-state index in [1.165, 1.54) is 24.3 Å². The summed E-state index contributed by atoms with van der Waals surface area (Å²) in [6, 6.07) is 4.64. The number of non-ortho nitro benzene ring substituents is 1. The Hall–Kier alpha value is -2.19. The number of carbonyl (C=O) groups is 2. The molecule has 0 fully saturated rings. The van der Waals surface area contributed by atoms with Crippen LogP contribution in [0.15, 0.2) is 24.3 Å². The first kappa shape index (κ1) is 21.8. The molecule has 0 saturated carbocycles. The quantitative estimate of drug-likeness (QED) is 0.349. The number of nitro groups is 1. The Kier molecular flexibility index (Phi) is 10.3. The van der Waals surface area contributed by atoms with E-state index in [1.807, 2.05) is 0 Å². The second kappa shape index (κ2) is 11.4. The van der Waals surface area contributed by atoms with Gasteiger partial charge in [-0.1, -0.05) is 13.0 Å². The van der Waals surface area contributed by atoms with Crippen LogP contribution >= 0.6 is 12.4 Å². The molecule has 1 atom stereocenters. The van der Waals surface area contributed by atoms with Crippen LogP contribution in [0.3, 0.4) is 0 Å². The zero-order valence-corrected chi connectivity index (χ0v) is 14.5. The molecule has 0 aliphatic heterocycles. The van der Waals surface area contributed by atoms with Crippen molar-refractivity contribution in [1.29, 1.82) is 0 Å². The van der Waals surface area contributed by atoms with Crippen LogP contribution in [0.5, 0.6) is 0 Å². The number of nitro benzene ring substituents is 1. The number of benzene rings is 1. The second-order valence-corrected chi connectivity index (χ2v) is 5.04. The molecule has 0 saturated heterocycles. The van der Waals surface area contributed by atoms with Crippen molar-refractivity contribution in [3.8, 4) is 0 Å². The highest BCUT2D eigenvalue weighted by Gasteiger charge is 2.17. The van der Waals surface area contributed by atoms with E-state index < -0.39 is 16.9 Å². The molecule has 1 rings (SSSR count). The van der Waals surface area contributed by atoms with Gasteiger partial charge in [-0.2, -0.15) is 0 Å². The molecule has 0 aliphatic rings. The van der Waals surface area contributed by atoms with Gasteiger partial charge in [0.1, 0.15) is 6.04 Å². The van der Waals surface area contributed by atoms with E-state index in [0.29, 0.717) is 13.1 Å². The van der Waals surface area contributed by atoms with Gasteiger partial charge in [-0.25, -0.2) is 0 Å². The van der Waals surface area contributed by atoms with Crippen LogP contribution in [0.25, 0.3) is 0 Å². The van der Waals surface area contributed by atoms with Crippen LogP contribution in [-0.2, 0) is 4.79 Å². The standard InChI is InChI=1S/C15H22N4O4.ClH/c1-3-7-16-8-9-17-14(20)11(2)18-15(21)12-5-4-6-13(10-12)19(22)23;/h4-6,10-11,16H,3,7-9H2,1-2H3,(H,17,20)(H,18,21);1H. The number of halogens is 1. The lowest BCUT2D eigenvalue weighted by Crippen LogP contribution is -2.46. The number of hydrogen-bond donors (Lipinski definition) is 3.